The fourth-order valence-corrected chi connectivity index (χ4v) is 3.06. The number of carbonyl (C=O) groups excluding carboxylic acids is 1. The first-order chi connectivity index (χ1) is 10.0. The molecular formula is C14H14N2O3S2. The molecule has 5 nitrogen and oxygen atoms in total. The highest BCUT2D eigenvalue weighted by Crippen LogP contribution is 2.23. The van der Waals surface area contributed by atoms with Gasteiger partial charge in [0.15, 0.2) is 10.3 Å². The normalized spacial score (nSPS) is 10.4. The van der Waals surface area contributed by atoms with Crippen LogP contribution in [0.3, 0.4) is 0 Å². The van der Waals surface area contributed by atoms with Crippen LogP contribution in [0.25, 0.3) is 5.69 Å². The first kappa shape index (κ1) is 15.5. The molecule has 0 saturated carbocycles. The minimum Gasteiger partial charge on any atom is -0.465 e. The number of methoxy groups -OCH3 is 1. The van der Waals surface area contributed by atoms with E-state index in [0.717, 1.165) is 5.69 Å². The number of rotatable bonds is 3. The Labute approximate surface area is 131 Å². The fraction of sp³-hybridized carbons (Fsp3) is 0.214. The Hall–Kier alpha value is -1.86. The first-order valence-electron chi connectivity index (χ1n) is 6.06. The fourth-order valence-electron chi connectivity index (χ4n) is 1.97. The van der Waals surface area contributed by atoms with E-state index in [1.54, 1.807) is 17.9 Å². The molecule has 0 bridgehead atoms. The number of esters is 1. The summed E-state index contributed by atoms with van der Waals surface area (Å²) in [6.45, 7) is 0. The van der Waals surface area contributed by atoms with E-state index in [0.29, 0.717) is 9.80 Å². The Morgan fingerprint density at radius 2 is 1.90 bits per heavy atom. The molecule has 21 heavy (non-hydrogen) atoms. The maximum absolute atomic E-state index is 12.3. The van der Waals surface area contributed by atoms with E-state index in [-0.39, 0.29) is 5.56 Å². The zero-order chi connectivity index (χ0) is 15.6. The van der Waals surface area contributed by atoms with E-state index in [9.17, 15) is 9.59 Å². The van der Waals surface area contributed by atoms with E-state index in [4.69, 9.17) is 17.0 Å². The lowest BCUT2D eigenvalue weighted by atomic mass is 10.3. The summed E-state index contributed by atoms with van der Waals surface area (Å²) in [6, 6.07) is 9.34. The highest BCUT2D eigenvalue weighted by atomic mass is 32.2. The molecule has 0 unspecified atom stereocenters. The molecule has 1 aromatic heterocycles. The second kappa shape index (κ2) is 6.28. The number of ether oxygens (including phenoxy) is 1. The zero-order valence-corrected chi connectivity index (χ0v) is 13.5. The number of para-hydroxylation sites is 1. The van der Waals surface area contributed by atoms with Crippen LogP contribution in [0.4, 0.5) is 0 Å². The Kier molecular flexibility index (Phi) is 4.64. The highest BCUT2D eigenvalue weighted by Gasteiger charge is 2.22. The number of nitrogens with zero attached hydrogens (tertiary/aromatic N) is 2. The standard InChI is InChI=1S/C14H14N2O3S2/c1-15-11(17)10(13(18)19-2)12(21-3)16(14(15)20)9-7-5-4-6-8-9/h4-8H,1-3H3. The van der Waals surface area contributed by atoms with E-state index in [1.807, 2.05) is 30.3 Å². The van der Waals surface area contributed by atoms with Crippen LogP contribution < -0.4 is 5.56 Å². The summed E-state index contributed by atoms with van der Waals surface area (Å²) in [6.07, 6.45) is 1.79. The van der Waals surface area contributed by atoms with Crippen LogP contribution in [0.5, 0.6) is 0 Å². The Balaban J connectivity index is 2.95. The largest absolute Gasteiger partial charge is 0.465 e. The van der Waals surface area contributed by atoms with Crippen LogP contribution in [-0.4, -0.2) is 28.5 Å². The SMILES string of the molecule is COC(=O)c1c(SC)n(-c2ccccc2)c(=S)n(C)c1=O. The predicted octanol–water partition coefficient (Wildman–Crippen LogP) is 2.41. The van der Waals surface area contributed by atoms with E-state index in [2.05, 4.69) is 0 Å². The van der Waals surface area contributed by atoms with Crippen molar-refractivity contribution in [2.24, 2.45) is 7.05 Å². The maximum atomic E-state index is 12.3. The molecule has 0 aliphatic carbocycles. The second-order valence-corrected chi connectivity index (χ2v) is 5.35. The average molecular weight is 322 g/mol. The van der Waals surface area contributed by atoms with Crippen molar-refractivity contribution in [2.75, 3.05) is 13.4 Å². The summed E-state index contributed by atoms with van der Waals surface area (Å²) in [5.74, 6) is -0.667. The van der Waals surface area contributed by atoms with E-state index < -0.39 is 11.5 Å². The lowest BCUT2D eigenvalue weighted by molar-refractivity contribution is 0.0592. The topological polar surface area (TPSA) is 53.2 Å². The number of hydrogen-bond donors (Lipinski definition) is 0. The minimum absolute atomic E-state index is 0.00930. The van der Waals surface area contributed by atoms with Gasteiger partial charge in [-0.05, 0) is 30.6 Å². The molecule has 2 aromatic rings. The van der Waals surface area contributed by atoms with Gasteiger partial charge in [0.2, 0.25) is 0 Å². The average Bonchev–Trinajstić information content (AvgIpc) is 2.52. The van der Waals surface area contributed by atoms with Crippen molar-refractivity contribution in [3.8, 4) is 5.69 Å². The number of hydrogen-bond acceptors (Lipinski definition) is 5. The van der Waals surface area contributed by atoms with E-state index in [1.165, 1.54) is 23.4 Å². The molecule has 0 spiro atoms. The van der Waals surface area contributed by atoms with Crippen LogP contribution in [0.15, 0.2) is 40.2 Å². The molecule has 0 N–H and O–H groups in total. The minimum atomic E-state index is -0.667. The summed E-state index contributed by atoms with van der Waals surface area (Å²) in [5.41, 5.74) is 0.320. The molecule has 0 amide bonds. The number of benzene rings is 1. The smallest absolute Gasteiger partial charge is 0.346 e. The summed E-state index contributed by atoms with van der Waals surface area (Å²) in [7, 11) is 2.79. The first-order valence-corrected chi connectivity index (χ1v) is 7.70. The van der Waals surface area contributed by atoms with Crippen molar-refractivity contribution in [2.45, 2.75) is 5.03 Å². The summed E-state index contributed by atoms with van der Waals surface area (Å²) in [5, 5.41) is 0.473. The summed E-state index contributed by atoms with van der Waals surface area (Å²) < 4.78 is 8.03. The molecule has 0 aliphatic rings. The third-order valence-corrected chi connectivity index (χ3v) is 4.24. The van der Waals surface area contributed by atoms with Crippen LogP contribution in [0.1, 0.15) is 10.4 Å². The molecule has 0 atom stereocenters. The molecule has 1 heterocycles. The number of carbonyl (C=O) groups is 1. The van der Waals surface area contributed by atoms with Crippen LogP contribution in [0, 0.1) is 4.77 Å². The van der Waals surface area contributed by atoms with Crippen LogP contribution >= 0.6 is 24.0 Å². The van der Waals surface area contributed by atoms with Gasteiger partial charge in [-0.25, -0.2) is 4.79 Å². The lowest BCUT2D eigenvalue weighted by Crippen LogP contribution is -2.30. The van der Waals surface area contributed by atoms with Gasteiger partial charge in [0.1, 0.15) is 5.03 Å². The van der Waals surface area contributed by atoms with Crippen molar-refractivity contribution in [1.29, 1.82) is 0 Å². The molecule has 0 aliphatic heterocycles. The Morgan fingerprint density at radius 1 is 1.29 bits per heavy atom. The Bertz CT molecular complexity index is 794. The Morgan fingerprint density at radius 3 is 2.43 bits per heavy atom. The van der Waals surface area contributed by atoms with Gasteiger partial charge in [-0.2, -0.15) is 0 Å². The van der Waals surface area contributed by atoms with Gasteiger partial charge >= 0.3 is 5.97 Å². The monoisotopic (exact) mass is 322 g/mol. The van der Waals surface area contributed by atoms with Gasteiger partial charge in [0.05, 0.1) is 7.11 Å². The van der Waals surface area contributed by atoms with Gasteiger partial charge in [-0.1, -0.05) is 18.2 Å². The van der Waals surface area contributed by atoms with Gasteiger partial charge in [-0.15, -0.1) is 11.8 Å². The molecule has 0 saturated heterocycles. The van der Waals surface area contributed by atoms with Crippen molar-refractivity contribution in [3.63, 3.8) is 0 Å². The molecular weight excluding hydrogens is 308 g/mol. The second-order valence-electron chi connectivity index (χ2n) is 4.19. The molecule has 1 aromatic carbocycles. The number of aromatic nitrogens is 2. The van der Waals surface area contributed by atoms with E-state index >= 15 is 0 Å². The molecule has 2 rings (SSSR count). The molecule has 0 fully saturated rings. The lowest BCUT2D eigenvalue weighted by Gasteiger charge is -2.17. The van der Waals surface area contributed by atoms with Crippen LogP contribution in [-0.2, 0) is 11.8 Å². The zero-order valence-electron chi connectivity index (χ0n) is 11.8. The summed E-state index contributed by atoms with van der Waals surface area (Å²) in [4.78, 5) is 24.3. The highest BCUT2D eigenvalue weighted by molar-refractivity contribution is 7.98. The van der Waals surface area contributed by atoms with Gasteiger partial charge in [-0.3, -0.25) is 13.9 Å². The van der Waals surface area contributed by atoms with Crippen LogP contribution in [0.2, 0.25) is 0 Å². The van der Waals surface area contributed by atoms with Gasteiger partial charge < -0.3 is 4.74 Å². The third kappa shape index (κ3) is 2.66. The summed E-state index contributed by atoms with van der Waals surface area (Å²) >= 11 is 6.64. The van der Waals surface area contributed by atoms with Crippen molar-refractivity contribution in [3.05, 3.63) is 51.0 Å². The van der Waals surface area contributed by atoms with Crippen molar-refractivity contribution in [1.82, 2.24) is 9.13 Å². The van der Waals surface area contributed by atoms with Gasteiger partial charge in [0.25, 0.3) is 5.56 Å². The third-order valence-electron chi connectivity index (χ3n) is 3.01. The maximum Gasteiger partial charge on any atom is 0.346 e. The van der Waals surface area contributed by atoms with Gasteiger partial charge in [0, 0.05) is 12.7 Å². The predicted molar refractivity (Wildman–Crippen MR) is 85.0 cm³/mol. The number of thioether (sulfide) groups is 1. The van der Waals surface area contributed by atoms with Crippen molar-refractivity contribution >= 4 is 29.9 Å². The molecule has 110 valence electrons. The quantitative estimate of drug-likeness (QED) is 0.376. The molecule has 0 radical (unpaired) electrons. The molecule has 7 heteroatoms. The van der Waals surface area contributed by atoms with Crippen molar-refractivity contribution < 1.29 is 9.53 Å².